The van der Waals surface area contributed by atoms with E-state index in [1.807, 2.05) is 24.3 Å². The van der Waals surface area contributed by atoms with E-state index in [4.69, 9.17) is 18.8 Å². The Hall–Kier alpha value is -7.96. The predicted octanol–water partition coefficient (Wildman–Crippen LogP) is 13.8. The minimum atomic E-state index is 0.642. The van der Waals surface area contributed by atoms with Crippen molar-refractivity contribution in [3.8, 4) is 33.8 Å². The molecule has 5 aromatic heterocycles. The van der Waals surface area contributed by atoms with Crippen molar-refractivity contribution in [1.82, 2.24) is 19.1 Å². The fraction of sp³-hybridized carbons (Fsp3) is 0. The standard InChI is InChI=1S/C52H30N4O2/c1-2-11-34(12-3-1)55-43-18-7-4-13-36(43)40-27-31(21-24-45(40)55)32-22-25-46-41(28-32)37-14-5-8-19-44(37)56(46)52-51-49(53-30-54-52)42-29-33(23-26-48(42)58-51)35-16-10-17-39-38-15-6-9-20-47(38)57-50(35)39/h1-30H. The maximum absolute atomic E-state index is 6.66. The minimum absolute atomic E-state index is 0.642. The van der Waals surface area contributed by atoms with E-state index < -0.39 is 0 Å². The third-order valence-corrected chi connectivity index (χ3v) is 11.9. The summed E-state index contributed by atoms with van der Waals surface area (Å²) in [5.41, 5.74) is 13.9. The van der Waals surface area contributed by atoms with Crippen molar-refractivity contribution < 1.29 is 8.83 Å². The summed E-state index contributed by atoms with van der Waals surface area (Å²) in [5.74, 6) is 0.705. The van der Waals surface area contributed by atoms with Crippen LogP contribution in [0, 0.1) is 0 Å². The molecule has 0 bridgehead atoms. The molecule has 0 aliphatic rings. The van der Waals surface area contributed by atoms with Crippen LogP contribution in [0.25, 0.3) is 121 Å². The molecule has 5 heterocycles. The van der Waals surface area contributed by atoms with Gasteiger partial charge in [-0.3, -0.25) is 4.57 Å². The van der Waals surface area contributed by atoms with Gasteiger partial charge in [0.1, 0.15) is 28.6 Å². The first-order chi connectivity index (χ1) is 28.8. The second-order valence-corrected chi connectivity index (χ2v) is 15.0. The Labute approximate surface area is 330 Å². The van der Waals surface area contributed by atoms with Crippen LogP contribution in [-0.4, -0.2) is 19.1 Å². The molecule has 0 atom stereocenters. The Morgan fingerprint density at radius 1 is 0.362 bits per heavy atom. The van der Waals surface area contributed by atoms with Gasteiger partial charge < -0.3 is 13.4 Å². The number of nitrogens with zero attached hydrogens (tertiary/aromatic N) is 4. The Morgan fingerprint density at radius 3 is 1.71 bits per heavy atom. The molecule has 0 saturated heterocycles. The molecule has 0 aliphatic heterocycles. The van der Waals surface area contributed by atoms with Crippen LogP contribution in [0.3, 0.4) is 0 Å². The Morgan fingerprint density at radius 2 is 0.931 bits per heavy atom. The summed E-state index contributed by atoms with van der Waals surface area (Å²) in [4.78, 5) is 9.71. The number of para-hydroxylation sites is 5. The number of hydrogen-bond donors (Lipinski definition) is 0. The minimum Gasteiger partial charge on any atom is -0.455 e. The summed E-state index contributed by atoms with van der Waals surface area (Å²) in [6.45, 7) is 0. The number of fused-ring (bicyclic) bond motifs is 12. The van der Waals surface area contributed by atoms with Crippen molar-refractivity contribution in [3.05, 3.63) is 182 Å². The quantitative estimate of drug-likeness (QED) is 0.180. The smallest absolute Gasteiger partial charge is 0.197 e. The molecular weight excluding hydrogens is 713 g/mol. The average molecular weight is 743 g/mol. The van der Waals surface area contributed by atoms with Crippen molar-refractivity contribution in [1.29, 1.82) is 0 Å². The summed E-state index contributed by atoms with van der Waals surface area (Å²) in [5, 5.41) is 7.88. The third kappa shape index (κ3) is 4.37. The van der Waals surface area contributed by atoms with Gasteiger partial charge in [0.25, 0.3) is 0 Å². The number of furan rings is 2. The molecule has 0 fully saturated rings. The molecule has 0 saturated carbocycles. The zero-order chi connectivity index (χ0) is 37.9. The number of benzene rings is 8. The van der Waals surface area contributed by atoms with Crippen molar-refractivity contribution in [2.24, 2.45) is 0 Å². The summed E-state index contributed by atoms with van der Waals surface area (Å²) < 4.78 is 17.6. The summed E-state index contributed by atoms with van der Waals surface area (Å²) in [7, 11) is 0. The maximum atomic E-state index is 6.66. The third-order valence-electron chi connectivity index (χ3n) is 11.9. The van der Waals surface area contributed by atoms with Crippen LogP contribution >= 0.6 is 0 Å². The summed E-state index contributed by atoms with van der Waals surface area (Å²) >= 11 is 0. The first-order valence-corrected chi connectivity index (χ1v) is 19.5. The topological polar surface area (TPSA) is 61.9 Å². The van der Waals surface area contributed by atoms with Gasteiger partial charge in [0.2, 0.25) is 0 Å². The molecule has 0 aliphatic carbocycles. The maximum Gasteiger partial charge on any atom is 0.197 e. The van der Waals surface area contributed by atoms with Gasteiger partial charge in [-0.1, -0.05) is 109 Å². The SMILES string of the molecule is c1ccc(-n2c3ccccc3c3cc(-c4ccc5c(c4)c4ccccc4n5-c4ncnc5c4oc4ccc(-c6cccc7c6oc6ccccc67)cc45)ccc32)cc1. The monoisotopic (exact) mass is 742 g/mol. The predicted molar refractivity (Wildman–Crippen MR) is 236 cm³/mol. The van der Waals surface area contributed by atoms with E-state index in [-0.39, 0.29) is 0 Å². The Bertz CT molecular complexity index is 3810. The van der Waals surface area contributed by atoms with E-state index >= 15 is 0 Å². The molecule has 0 spiro atoms. The van der Waals surface area contributed by atoms with Gasteiger partial charge in [0, 0.05) is 49.0 Å². The van der Waals surface area contributed by atoms with Crippen LogP contribution in [0.1, 0.15) is 0 Å². The molecule has 0 radical (unpaired) electrons. The lowest BCUT2D eigenvalue weighted by molar-refractivity contribution is 0.662. The van der Waals surface area contributed by atoms with Gasteiger partial charge in [-0.2, -0.15) is 0 Å². The number of rotatable bonds is 4. The fourth-order valence-corrected chi connectivity index (χ4v) is 9.25. The van der Waals surface area contributed by atoms with Crippen molar-refractivity contribution in [2.45, 2.75) is 0 Å². The van der Waals surface area contributed by atoms with E-state index in [0.717, 1.165) is 88.2 Å². The van der Waals surface area contributed by atoms with E-state index in [1.54, 1.807) is 6.33 Å². The highest BCUT2D eigenvalue weighted by atomic mass is 16.3. The second kappa shape index (κ2) is 11.8. The van der Waals surface area contributed by atoms with Gasteiger partial charge >= 0.3 is 0 Å². The van der Waals surface area contributed by atoms with Gasteiger partial charge in [0.05, 0.1) is 22.1 Å². The molecule has 0 N–H and O–H groups in total. The van der Waals surface area contributed by atoms with E-state index in [1.165, 1.54) is 21.8 Å². The average Bonchev–Trinajstić information content (AvgIpc) is 4.04. The lowest BCUT2D eigenvalue weighted by Crippen LogP contribution is -1.98. The van der Waals surface area contributed by atoms with Crippen molar-refractivity contribution in [3.63, 3.8) is 0 Å². The molecule has 270 valence electrons. The molecule has 0 amide bonds. The van der Waals surface area contributed by atoms with Gasteiger partial charge in [-0.25, -0.2) is 9.97 Å². The van der Waals surface area contributed by atoms with Crippen LogP contribution in [-0.2, 0) is 0 Å². The molecule has 58 heavy (non-hydrogen) atoms. The zero-order valence-corrected chi connectivity index (χ0v) is 30.9. The highest BCUT2D eigenvalue weighted by Gasteiger charge is 2.22. The van der Waals surface area contributed by atoms with Crippen LogP contribution in [0.5, 0.6) is 0 Å². The number of hydrogen-bond acceptors (Lipinski definition) is 4. The molecule has 13 rings (SSSR count). The molecule has 13 aromatic rings. The van der Waals surface area contributed by atoms with Crippen LogP contribution in [0.4, 0.5) is 0 Å². The van der Waals surface area contributed by atoms with E-state index in [9.17, 15) is 0 Å². The molecule has 6 nitrogen and oxygen atoms in total. The van der Waals surface area contributed by atoms with Crippen molar-refractivity contribution >= 4 is 87.6 Å². The molecule has 8 aromatic carbocycles. The highest BCUT2D eigenvalue weighted by Crippen LogP contribution is 2.42. The van der Waals surface area contributed by atoms with E-state index in [2.05, 4.69) is 161 Å². The lowest BCUT2D eigenvalue weighted by atomic mass is 10.0. The highest BCUT2D eigenvalue weighted by molar-refractivity contribution is 6.15. The first kappa shape index (κ1) is 31.3. The fourth-order valence-electron chi connectivity index (χ4n) is 9.25. The van der Waals surface area contributed by atoms with Crippen LogP contribution in [0.15, 0.2) is 191 Å². The summed E-state index contributed by atoms with van der Waals surface area (Å²) in [6.07, 6.45) is 1.65. The molecule has 6 heteroatoms. The Kier molecular flexibility index (Phi) is 6.35. The first-order valence-electron chi connectivity index (χ1n) is 19.5. The zero-order valence-electron chi connectivity index (χ0n) is 30.9. The van der Waals surface area contributed by atoms with E-state index in [0.29, 0.717) is 11.4 Å². The number of aromatic nitrogens is 4. The van der Waals surface area contributed by atoms with Crippen LogP contribution < -0.4 is 0 Å². The lowest BCUT2D eigenvalue weighted by Gasteiger charge is -2.09. The van der Waals surface area contributed by atoms with Crippen molar-refractivity contribution in [2.75, 3.05) is 0 Å². The van der Waals surface area contributed by atoms with Gasteiger partial charge in [0.15, 0.2) is 11.4 Å². The van der Waals surface area contributed by atoms with Gasteiger partial charge in [-0.05, 0) is 83.4 Å². The second-order valence-electron chi connectivity index (χ2n) is 15.0. The van der Waals surface area contributed by atoms with Crippen LogP contribution in [0.2, 0.25) is 0 Å². The molecule has 0 unspecified atom stereocenters. The largest absolute Gasteiger partial charge is 0.455 e. The molecular formula is C52H30N4O2. The van der Waals surface area contributed by atoms with Gasteiger partial charge in [-0.15, -0.1) is 0 Å². The Balaban J connectivity index is 0.971. The summed E-state index contributed by atoms with van der Waals surface area (Å²) in [6, 6.07) is 62.2. The normalized spacial score (nSPS) is 12.1.